The molecule has 0 nitrogen and oxygen atoms in total. The zero-order valence-corrected chi connectivity index (χ0v) is 11.6. The minimum absolute atomic E-state index is 0.542. The summed E-state index contributed by atoms with van der Waals surface area (Å²) in [6, 6.07) is 0. The Bertz CT molecular complexity index is 149. The van der Waals surface area contributed by atoms with Crippen LogP contribution in [0, 0.1) is 17.3 Å². The molecule has 1 rings (SSSR count). The summed E-state index contributed by atoms with van der Waals surface area (Å²) in [6.07, 6.45) is 8.71. The van der Waals surface area contributed by atoms with Crippen LogP contribution in [0.5, 0.6) is 0 Å². The zero-order valence-electron chi connectivity index (χ0n) is 9.98. The van der Waals surface area contributed by atoms with Crippen LogP contribution in [0.25, 0.3) is 0 Å². The van der Waals surface area contributed by atoms with E-state index in [2.05, 4.69) is 36.7 Å². The average Bonchev–Trinajstić information content (AvgIpc) is 2.14. The van der Waals surface area contributed by atoms with E-state index in [1.165, 1.54) is 43.9 Å². The van der Waals surface area contributed by atoms with Crippen molar-refractivity contribution in [1.82, 2.24) is 0 Å². The Morgan fingerprint density at radius 2 is 1.64 bits per heavy atom. The molecule has 84 valence electrons. The van der Waals surface area contributed by atoms with Gasteiger partial charge in [0.25, 0.3) is 0 Å². The predicted octanol–water partition coefficient (Wildman–Crippen LogP) is 5.01. The molecule has 14 heavy (non-hydrogen) atoms. The van der Waals surface area contributed by atoms with Crippen molar-refractivity contribution in [2.24, 2.45) is 17.3 Å². The van der Waals surface area contributed by atoms with E-state index in [4.69, 9.17) is 0 Å². The second-order valence-corrected chi connectivity index (χ2v) is 6.71. The Morgan fingerprint density at radius 3 is 2.07 bits per heavy atom. The Hall–Kier alpha value is 0.480. The van der Waals surface area contributed by atoms with E-state index >= 15 is 0 Å². The molecule has 1 saturated carbocycles. The maximum Gasteiger partial charge on any atom is 0.00314 e. The highest BCUT2D eigenvalue weighted by molar-refractivity contribution is 9.09. The maximum atomic E-state index is 3.52. The average molecular weight is 261 g/mol. The first-order valence-electron chi connectivity index (χ1n) is 6.10. The van der Waals surface area contributed by atoms with Gasteiger partial charge in [-0.3, -0.25) is 0 Å². The molecular weight excluding hydrogens is 236 g/mol. The molecule has 1 fully saturated rings. The second kappa shape index (κ2) is 5.53. The van der Waals surface area contributed by atoms with Gasteiger partial charge < -0.3 is 0 Å². The van der Waals surface area contributed by atoms with Crippen molar-refractivity contribution in [1.29, 1.82) is 0 Å². The Morgan fingerprint density at radius 1 is 1.07 bits per heavy atom. The van der Waals surface area contributed by atoms with Crippen LogP contribution >= 0.6 is 15.9 Å². The first-order valence-corrected chi connectivity index (χ1v) is 7.22. The molecule has 0 unspecified atom stereocenters. The Balaban J connectivity index is 2.24. The molecule has 0 aromatic heterocycles. The van der Waals surface area contributed by atoms with Crippen LogP contribution in [0.3, 0.4) is 0 Å². The van der Waals surface area contributed by atoms with Gasteiger partial charge in [-0.25, -0.2) is 0 Å². The SMILES string of the molecule is CC(C)(C)C1CCC(CCCBr)CC1. The van der Waals surface area contributed by atoms with Crippen LogP contribution < -0.4 is 0 Å². The zero-order chi connectivity index (χ0) is 10.6. The molecule has 0 N–H and O–H groups in total. The summed E-state index contributed by atoms with van der Waals surface area (Å²) in [5.74, 6) is 2.01. The molecule has 0 bridgehead atoms. The quantitative estimate of drug-likeness (QED) is 0.626. The number of rotatable bonds is 3. The van der Waals surface area contributed by atoms with Crippen molar-refractivity contribution in [3.8, 4) is 0 Å². The summed E-state index contributed by atoms with van der Waals surface area (Å²) in [5, 5.41) is 1.19. The van der Waals surface area contributed by atoms with Crippen molar-refractivity contribution in [3.05, 3.63) is 0 Å². The van der Waals surface area contributed by atoms with Gasteiger partial charge in [0.15, 0.2) is 0 Å². The number of hydrogen-bond acceptors (Lipinski definition) is 0. The summed E-state index contributed by atoms with van der Waals surface area (Å²) in [6.45, 7) is 7.20. The van der Waals surface area contributed by atoms with E-state index in [-0.39, 0.29) is 0 Å². The van der Waals surface area contributed by atoms with Crippen molar-refractivity contribution >= 4 is 15.9 Å². The van der Waals surface area contributed by atoms with Crippen LogP contribution in [-0.2, 0) is 0 Å². The third-order valence-electron chi connectivity index (χ3n) is 3.82. The van der Waals surface area contributed by atoms with Gasteiger partial charge in [0, 0.05) is 5.33 Å². The summed E-state index contributed by atoms with van der Waals surface area (Å²) in [7, 11) is 0. The molecule has 1 heteroatoms. The van der Waals surface area contributed by atoms with Crippen molar-refractivity contribution in [3.63, 3.8) is 0 Å². The highest BCUT2D eigenvalue weighted by Crippen LogP contribution is 2.40. The molecule has 0 amide bonds. The van der Waals surface area contributed by atoms with Crippen LogP contribution in [0.15, 0.2) is 0 Å². The molecule has 0 spiro atoms. The third-order valence-corrected chi connectivity index (χ3v) is 4.38. The molecule has 0 radical (unpaired) electrons. The molecule has 0 saturated heterocycles. The second-order valence-electron chi connectivity index (χ2n) is 5.91. The molecule has 0 aromatic rings. The fraction of sp³-hybridized carbons (Fsp3) is 1.00. The summed E-state index contributed by atoms with van der Waals surface area (Å²) >= 11 is 3.52. The van der Waals surface area contributed by atoms with E-state index in [1.54, 1.807) is 0 Å². The van der Waals surface area contributed by atoms with E-state index in [0.717, 1.165) is 11.8 Å². The molecule has 0 aliphatic heterocycles. The van der Waals surface area contributed by atoms with Gasteiger partial charge in [0.05, 0.1) is 0 Å². The van der Waals surface area contributed by atoms with E-state index in [0.29, 0.717) is 5.41 Å². The van der Waals surface area contributed by atoms with Gasteiger partial charge >= 0.3 is 0 Å². The van der Waals surface area contributed by atoms with Gasteiger partial charge in [-0.15, -0.1) is 0 Å². The smallest absolute Gasteiger partial charge is 0.00314 e. The van der Waals surface area contributed by atoms with E-state index < -0.39 is 0 Å². The first-order chi connectivity index (χ1) is 6.54. The fourth-order valence-corrected chi connectivity index (χ4v) is 3.01. The summed E-state index contributed by atoms with van der Waals surface area (Å²) in [5.41, 5.74) is 0.542. The molecule has 0 heterocycles. The first kappa shape index (κ1) is 12.5. The lowest BCUT2D eigenvalue weighted by molar-refractivity contribution is 0.146. The van der Waals surface area contributed by atoms with Gasteiger partial charge in [-0.05, 0) is 42.9 Å². The largest absolute Gasteiger partial charge is 0.0928 e. The van der Waals surface area contributed by atoms with Crippen LogP contribution in [-0.4, -0.2) is 5.33 Å². The topological polar surface area (TPSA) is 0 Å². The van der Waals surface area contributed by atoms with Gasteiger partial charge in [-0.1, -0.05) is 49.5 Å². The van der Waals surface area contributed by atoms with Crippen LogP contribution in [0.4, 0.5) is 0 Å². The van der Waals surface area contributed by atoms with Crippen LogP contribution in [0.2, 0.25) is 0 Å². The minimum Gasteiger partial charge on any atom is -0.0928 e. The Labute approximate surface area is 98.0 Å². The van der Waals surface area contributed by atoms with Crippen LogP contribution in [0.1, 0.15) is 59.3 Å². The van der Waals surface area contributed by atoms with Crippen molar-refractivity contribution < 1.29 is 0 Å². The van der Waals surface area contributed by atoms with E-state index in [9.17, 15) is 0 Å². The highest BCUT2D eigenvalue weighted by atomic mass is 79.9. The third kappa shape index (κ3) is 3.92. The normalized spacial score (nSPS) is 29.1. The monoisotopic (exact) mass is 260 g/mol. The molecule has 0 atom stereocenters. The molecule has 1 aliphatic carbocycles. The standard InChI is InChI=1S/C13H25Br/c1-13(2,3)12-8-6-11(7-9-12)5-4-10-14/h11-12H,4-10H2,1-3H3. The lowest BCUT2D eigenvalue weighted by Gasteiger charge is -2.37. The van der Waals surface area contributed by atoms with Gasteiger partial charge in [0.2, 0.25) is 0 Å². The number of hydrogen-bond donors (Lipinski definition) is 0. The molecule has 0 aromatic carbocycles. The highest BCUT2D eigenvalue weighted by Gasteiger charge is 2.29. The van der Waals surface area contributed by atoms with Crippen molar-refractivity contribution in [2.75, 3.05) is 5.33 Å². The summed E-state index contributed by atoms with van der Waals surface area (Å²) < 4.78 is 0. The van der Waals surface area contributed by atoms with Gasteiger partial charge in [-0.2, -0.15) is 0 Å². The lowest BCUT2D eigenvalue weighted by atomic mass is 9.69. The summed E-state index contributed by atoms with van der Waals surface area (Å²) in [4.78, 5) is 0. The van der Waals surface area contributed by atoms with Gasteiger partial charge in [0.1, 0.15) is 0 Å². The lowest BCUT2D eigenvalue weighted by Crippen LogP contribution is -2.25. The van der Waals surface area contributed by atoms with E-state index in [1.807, 2.05) is 0 Å². The number of alkyl halides is 1. The maximum absolute atomic E-state index is 3.52. The Kier molecular flexibility index (Phi) is 4.96. The molecular formula is C13H25Br. The predicted molar refractivity (Wildman–Crippen MR) is 67.9 cm³/mol. The van der Waals surface area contributed by atoms with Crippen molar-refractivity contribution in [2.45, 2.75) is 59.3 Å². The number of halogens is 1. The minimum atomic E-state index is 0.542. The molecule has 1 aliphatic rings. The fourth-order valence-electron chi connectivity index (χ4n) is 2.68.